The van der Waals surface area contributed by atoms with Crippen LogP contribution in [-0.2, 0) is 37.9 Å². The standard InChI is InChI=1S/C45H77N3O18S2/c1-23(2)48(21-46-24(3)11-15-67-19-30-26-9-5-7-13-59-42-38(57)34(53)40(28(17-49)61-42)65-44(63-30)36(55)32(26)51)22-47-25(4)12-16-68-20-31-27-10-6-8-14-60-43-39(58)35(54)41(29(18-50)62-43)66-45(64-31)37(56)33(27)52/h26-47,49-58H,1,3-22H2,2H3. The fraction of sp³-hybridized carbons (Fsp3) is 0.867. The van der Waals surface area contributed by atoms with Gasteiger partial charge in [0.1, 0.15) is 61.0 Å². The summed E-state index contributed by atoms with van der Waals surface area (Å²) in [6.45, 7) is 14.7. The summed E-state index contributed by atoms with van der Waals surface area (Å²) in [6.07, 6.45) is -17.0. The van der Waals surface area contributed by atoms with E-state index in [4.69, 9.17) is 37.9 Å². The van der Waals surface area contributed by atoms with Crippen LogP contribution in [0.2, 0.25) is 0 Å². The molecule has 12 rings (SSSR count). The van der Waals surface area contributed by atoms with Gasteiger partial charge in [0.25, 0.3) is 0 Å². The monoisotopic (exact) mass is 1010 g/mol. The first-order valence-electron chi connectivity index (χ1n) is 23.8. The summed E-state index contributed by atoms with van der Waals surface area (Å²) in [7, 11) is 0. The highest BCUT2D eigenvalue weighted by atomic mass is 32.2. The van der Waals surface area contributed by atoms with Crippen LogP contribution in [0, 0.1) is 11.8 Å². The summed E-state index contributed by atoms with van der Waals surface area (Å²) in [5, 5.41) is 114. The van der Waals surface area contributed by atoms with E-state index in [1.165, 1.54) is 0 Å². The zero-order valence-corrected chi connectivity index (χ0v) is 40.5. The SMILES string of the molecule is C=C(CCSCC1OC2OC3C(CO)OC(OCCCCC1C(O)C2O)C(O)C3O)NCN(CNC(=C)CCSCC1OC2OC3C(CO)OC(OCCCCC1C(O)C2O)C(O)C3O)C(=C)C. The van der Waals surface area contributed by atoms with E-state index in [2.05, 4.69) is 30.4 Å². The molecule has 12 saturated heterocycles. The second-order valence-corrected chi connectivity index (χ2v) is 20.8. The molecule has 20 unspecified atom stereocenters. The van der Waals surface area contributed by atoms with Gasteiger partial charge in [0.15, 0.2) is 25.2 Å². The largest absolute Gasteiger partial charge is 0.394 e. The van der Waals surface area contributed by atoms with Crippen LogP contribution in [0.15, 0.2) is 36.8 Å². The van der Waals surface area contributed by atoms with Gasteiger partial charge in [-0.05, 0) is 57.0 Å². The molecule has 392 valence electrons. The molecule has 23 heteroatoms. The molecule has 8 bridgehead atoms. The third kappa shape index (κ3) is 14.4. The number of aliphatic hydroxyl groups excluding tert-OH is 10. The molecule has 0 radical (unpaired) electrons. The summed E-state index contributed by atoms with van der Waals surface area (Å²) in [6, 6.07) is 0. The Balaban J connectivity index is 0.918. The highest BCUT2D eigenvalue weighted by Gasteiger charge is 2.53. The quantitative estimate of drug-likeness (QED) is 0.0511. The van der Waals surface area contributed by atoms with Gasteiger partial charge in [0.05, 0.1) is 51.0 Å². The average Bonchev–Trinajstić information content (AvgIpc) is 3.31. The van der Waals surface area contributed by atoms with Crippen molar-refractivity contribution in [1.82, 2.24) is 15.5 Å². The van der Waals surface area contributed by atoms with Gasteiger partial charge in [-0.3, -0.25) is 0 Å². The van der Waals surface area contributed by atoms with Crippen LogP contribution in [0.5, 0.6) is 0 Å². The van der Waals surface area contributed by atoms with E-state index in [0.717, 1.165) is 17.1 Å². The lowest BCUT2D eigenvalue weighted by molar-refractivity contribution is -0.354. The predicted molar refractivity (Wildman–Crippen MR) is 248 cm³/mol. The number of hydrogen-bond acceptors (Lipinski definition) is 23. The van der Waals surface area contributed by atoms with E-state index in [9.17, 15) is 51.1 Å². The van der Waals surface area contributed by atoms with Crippen LogP contribution in [0.25, 0.3) is 0 Å². The van der Waals surface area contributed by atoms with E-state index in [1.807, 2.05) is 11.8 Å². The second kappa shape index (κ2) is 27.1. The molecule has 12 aliphatic heterocycles. The van der Waals surface area contributed by atoms with Crippen molar-refractivity contribution in [2.45, 2.75) is 169 Å². The molecule has 0 aromatic carbocycles. The third-order valence-corrected chi connectivity index (χ3v) is 15.7. The number of nitrogens with one attached hydrogen (secondary N) is 2. The van der Waals surface area contributed by atoms with Gasteiger partial charge in [0, 0.05) is 53.6 Å². The van der Waals surface area contributed by atoms with Crippen molar-refractivity contribution in [2.75, 3.05) is 62.8 Å². The van der Waals surface area contributed by atoms with Crippen molar-refractivity contribution in [2.24, 2.45) is 11.8 Å². The van der Waals surface area contributed by atoms with Gasteiger partial charge in [-0.1, -0.05) is 32.6 Å². The number of ether oxygens (including phenoxy) is 8. The van der Waals surface area contributed by atoms with Crippen LogP contribution < -0.4 is 10.6 Å². The zero-order chi connectivity index (χ0) is 49.1. The molecular weight excluding hydrogens is 935 g/mol. The van der Waals surface area contributed by atoms with Crippen molar-refractivity contribution < 1.29 is 89.0 Å². The van der Waals surface area contributed by atoms with E-state index in [1.54, 1.807) is 23.5 Å². The Hall–Kier alpha value is -1.40. The molecule has 0 aliphatic carbocycles. The molecule has 12 fully saturated rings. The predicted octanol–water partition coefficient (Wildman–Crippen LogP) is -1.63. The molecule has 12 aliphatic rings. The van der Waals surface area contributed by atoms with Crippen LogP contribution >= 0.6 is 23.5 Å². The maximum absolute atomic E-state index is 11.2. The first-order valence-corrected chi connectivity index (χ1v) is 26.2. The highest BCUT2D eigenvalue weighted by molar-refractivity contribution is 7.99. The number of aliphatic hydroxyl groups is 10. The van der Waals surface area contributed by atoms with Crippen molar-refractivity contribution >= 4 is 23.5 Å². The minimum atomic E-state index is -1.50. The molecule has 12 heterocycles. The number of nitrogens with zero attached hydrogens (tertiary/aromatic N) is 1. The first-order chi connectivity index (χ1) is 32.6. The van der Waals surface area contributed by atoms with Gasteiger partial charge in [-0.15, -0.1) is 0 Å². The molecule has 0 spiro atoms. The van der Waals surface area contributed by atoms with E-state index in [0.29, 0.717) is 87.7 Å². The Morgan fingerprint density at radius 1 is 0.515 bits per heavy atom. The van der Waals surface area contributed by atoms with Crippen molar-refractivity contribution in [3.8, 4) is 0 Å². The number of rotatable bonds is 19. The van der Waals surface area contributed by atoms with Crippen LogP contribution in [0.1, 0.15) is 58.3 Å². The lowest BCUT2D eigenvalue weighted by Gasteiger charge is -2.47. The Kier molecular flexibility index (Phi) is 22.2. The average molecular weight is 1010 g/mol. The van der Waals surface area contributed by atoms with E-state index in [-0.39, 0.29) is 13.2 Å². The minimum Gasteiger partial charge on any atom is -0.394 e. The third-order valence-electron chi connectivity index (χ3n) is 13.6. The van der Waals surface area contributed by atoms with Gasteiger partial charge in [-0.2, -0.15) is 23.5 Å². The summed E-state index contributed by atoms with van der Waals surface area (Å²) in [5.41, 5.74) is 2.42. The van der Waals surface area contributed by atoms with Gasteiger partial charge >= 0.3 is 0 Å². The summed E-state index contributed by atoms with van der Waals surface area (Å²) >= 11 is 3.20. The van der Waals surface area contributed by atoms with Crippen molar-refractivity contribution in [1.29, 1.82) is 0 Å². The van der Waals surface area contributed by atoms with Crippen LogP contribution in [0.3, 0.4) is 0 Å². The summed E-state index contributed by atoms with van der Waals surface area (Å²) in [5.74, 6) is 1.51. The van der Waals surface area contributed by atoms with Gasteiger partial charge in [0.2, 0.25) is 0 Å². The van der Waals surface area contributed by atoms with Crippen molar-refractivity contribution in [3.05, 3.63) is 36.8 Å². The Morgan fingerprint density at radius 2 is 0.897 bits per heavy atom. The van der Waals surface area contributed by atoms with E-state index >= 15 is 0 Å². The number of hydrogen-bond donors (Lipinski definition) is 12. The summed E-state index contributed by atoms with van der Waals surface area (Å²) < 4.78 is 47.1. The fourth-order valence-corrected chi connectivity index (χ4v) is 11.6. The molecule has 20 atom stereocenters. The zero-order valence-electron chi connectivity index (χ0n) is 38.9. The normalized spacial score (nSPS) is 41.4. The van der Waals surface area contributed by atoms with Crippen molar-refractivity contribution in [3.63, 3.8) is 0 Å². The molecule has 0 amide bonds. The molecular formula is C45H77N3O18S2. The Bertz CT molecular complexity index is 1470. The van der Waals surface area contributed by atoms with Crippen LogP contribution in [-0.4, -0.2) is 229 Å². The highest BCUT2D eigenvalue weighted by Crippen LogP contribution is 2.38. The molecule has 0 aromatic rings. The lowest BCUT2D eigenvalue weighted by atomic mass is 9.85. The Labute approximate surface area is 407 Å². The number of allylic oxidation sites excluding steroid dienone is 3. The molecule has 0 aromatic heterocycles. The number of thioether (sulfide) groups is 2. The second-order valence-electron chi connectivity index (χ2n) is 18.5. The minimum absolute atomic E-state index is 0.218. The topological polar surface area (TPSA) is 303 Å². The lowest BCUT2D eigenvalue weighted by Crippen LogP contribution is -2.63. The molecule has 21 nitrogen and oxygen atoms in total. The fourth-order valence-electron chi connectivity index (χ4n) is 9.34. The van der Waals surface area contributed by atoms with Gasteiger partial charge < -0.3 is 104 Å². The smallest absolute Gasteiger partial charge is 0.186 e. The molecule has 0 saturated carbocycles. The first kappa shape index (κ1) is 55.9. The van der Waals surface area contributed by atoms with Gasteiger partial charge in [-0.25, -0.2) is 0 Å². The Morgan fingerprint density at radius 3 is 1.28 bits per heavy atom. The maximum Gasteiger partial charge on any atom is 0.186 e. The molecule has 12 N–H and O–H groups in total. The van der Waals surface area contributed by atoms with Crippen LogP contribution in [0.4, 0.5) is 0 Å². The summed E-state index contributed by atoms with van der Waals surface area (Å²) in [4.78, 5) is 2.01. The molecule has 68 heavy (non-hydrogen) atoms. The van der Waals surface area contributed by atoms with E-state index < -0.39 is 136 Å². The maximum atomic E-state index is 11.2.